The zero-order chi connectivity index (χ0) is 14.3. The van der Waals surface area contributed by atoms with E-state index < -0.39 is 0 Å². The third-order valence-electron chi connectivity index (χ3n) is 5.03. The molecule has 0 radical (unpaired) electrons. The van der Waals surface area contributed by atoms with E-state index in [4.69, 9.17) is 4.74 Å². The zero-order valence-corrected chi connectivity index (χ0v) is 13.2. The van der Waals surface area contributed by atoms with Gasteiger partial charge in [0.15, 0.2) is 0 Å². The Hall–Kier alpha value is -1.18. The van der Waals surface area contributed by atoms with Crippen LogP contribution in [0.5, 0.6) is 5.75 Å². The van der Waals surface area contributed by atoms with Crippen LogP contribution in [0.25, 0.3) is 0 Å². The number of rotatable bonds is 5. The van der Waals surface area contributed by atoms with Crippen molar-refractivity contribution < 1.29 is 4.74 Å². The average Bonchev–Trinajstić information content (AvgIpc) is 2.88. The summed E-state index contributed by atoms with van der Waals surface area (Å²) in [6, 6.07) is 8.57. The topological polar surface area (TPSA) is 21.3 Å². The molecule has 2 saturated carbocycles. The summed E-state index contributed by atoms with van der Waals surface area (Å²) in [6.45, 7) is 1.13. The van der Waals surface area contributed by atoms with E-state index >= 15 is 0 Å². The molecule has 2 fully saturated rings. The lowest BCUT2D eigenvalue weighted by Crippen LogP contribution is -2.14. The Balaban J connectivity index is 1.45. The van der Waals surface area contributed by atoms with E-state index in [0.29, 0.717) is 6.10 Å². The second kappa shape index (κ2) is 7.72. The molecule has 21 heavy (non-hydrogen) atoms. The first-order valence-corrected chi connectivity index (χ1v) is 8.91. The van der Waals surface area contributed by atoms with Crippen molar-refractivity contribution in [2.24, 2.45) is 5.92 Å². The van der Waals surface area contributed by atoms with Gasteiger partial charge in [0.1, 0.15) is 5.75 Å². The summed E-state index contributed by atoms with van der Waals surface area (Å²) in [7, 11) is 0. The fourth-order valence-corrected chi connectivity index (χ4v) is 3.68. The molecule has 2 heteroatoms. The fourth-order valence-electron chi connectivity index (χ4n) is 3.68. The van der Waals surface area contributed by atoms with Crippen molar-refractivity contribution in [2.75, 3.05) is 11.9 Å². The van der Waals surface area contributed by atoms with Crippen molar-refractivity contribution in [3.05, 3.63) is 24.3 Å². The summed E-state index contributed by atoms with van der Waals surface area (Å²) in [5.74, 6) is 1.89. The predicted molar refractivity (Wildman–Crippen MR) is 89.0 cm³/mol. The van der Waals surface area contributed by atoms with Crippen LogP contribution in [0.1, 0.15) is 64.2 Å². The SMILES string of the molecule is c1cc(OC2CCCC2)ccc1NCC1CCCCCC1. The molecule has 0 aliphatic heterocycles. The highest BCUT2D eigenvalue weighted by Crippen LogP contribution is 2.26. The molecule has 0 heterocycles. The maximum absolute atomic E-state index is 6.01. The van der Waals surface area contributed by atoms with Crippen LogP contribution in [0.2, 0.25) is 0 Å². The van der Waals surface area contributed by atoms with Crippen molar-refractivity contribution in [1.82, 2.24) is 0 Å². The Morgan fingerprint density at radius 2 is 1.43 bits per heavy atom. The van der Waals surface area contributed by atoms with Gasteiger partial charge >= 0.3 is 0 Å². The standard InChI is InChI=1S/C19H29NO/c1-2-4-8-16(7-3-1)15-20-17-11-13-19(14-12-17)21-18-9-5-6-10-18/h11-14,16,18,20H,1-10,15H2. The van der Waals surface area contributed by atoms with Gasteiger partial charge in [0.2, 0.25) is 0 Å². The summed E-state index contributed by atoms with van der Waals surface area (Å²) >= 11 is 0. The van der Waals surface area contributed by atoms with Gasteiger partial charge in [0.05, 0.1) is 6.10 Å². The fraction of sp³-hybridized carbons (Fsp3) is 0.684. The number of hydrogen-bond acceptors (Lipinski definition) is 2. The van der Waals surface area contributed by atoms with Gasteiger partial charge in [-0.15, -0.1) is 0 Å². The lowest BCUT2D eigenvalue weighted by Gasteiger charge is -2.17. The van der Waals surface area contributed by atoms with Crippen molar-refractivity contribution >= 4 is 5.69 Å². The minimum absolute atomic E-state index is 0.454. The summed E-state index contributed by atoms with van der Waals surface area (Å²) in [6.07, 6.45) is 14.1. The van der Waals surface area contributed by atoms with E-state index in [-0.39, 0.29) is 0 Å². The van der Waals surface area contributed by atoms with Crippen LogP contribution >= 0.6 is 0 Å². The number of benzene rings is 1. The molecule has 1 aromatic rings. The Morgan fingerprint density at radius 3 is 2.10 bits per heavy atom. The molecule has 0 aromatic heterocycles. The highest BCUT2D eigenvalue weighted by Gasteiger charge is 2.16. The molecule has 3 rings (SSSR count). The monoisotopic (exact) mass is 287 g/mol. The van der Waals surface area contributed by atoms with Crippen LogP contribution in [0, 0.1) is 5.92 Å². The molecule has 2 aliphatic rings. The van der Waals surface area contributed by atoms with Gasteiger partial charge in [-0.2, -0.15) is 0 Å². The smallest absolute Gasteiger partial charge is 0.119 e. The van der Waals surface area contributed by atoms with E-state index in [9.17, 15) is 0 Å². The second-order valence-electron chi connectivity index (χ2n) is 6.79. The summed E-state index contributed by atoms with van der Waals surface area (Å²) in [4.78, 5) is 0. The highest BCUT2D eigenvalue weighted by atomic mass is 16.5. The predicted octanol–water partition coefficient (Wildman–Crippen LogP) is 5.39. The lowest BCUT2D eigenvalue weighted by atomic mass is 10.0. The Bertz CT molecular complexity index is 400. The molecule has 0 spiro atoms. The van der Waals surface area contributed by atoms with Crippen LogP contribution in [-0.2, 0) is 0 Å². The molecule has 0 amide bonds. The minimum Gasteiger partial charge on any atom is -0.490 e. The average molecular weight is 287 g/mol. The normalized spacial score (nSPS) is 21.1. The summed E-state index contributed by atoms with van der Waals surface area (Å²) in [5.41, 5.74) is 1.23. The third-order valence-corrected chi connectivity index (χ3v) is 5.03. The van der Waals surface area contributed by atoms with E-state index in [1.807, 2.05) is 0 Å². The summed E-state index contributed by atoms with van der Waals surface area (Å²) < 4.78 is 6.01. The van der Waals surface area contributed by atoms with Gasteiger partial charge in [-0.05, 0) is 68.7 Å². The molecular formula is C19H29NO. The molecule has 0 bridgehead atoms. The Kier molecular flexibility index (Phi) is 5.42. The quantitative estimate of drug-likeness (QED) is 0.733. The molecule has 2 nitrogen and oxygen atoms in total. The Labute approximate surface area is 129 Å². The maximum atomic E-state index is 6.01. The molecule has 0 atom stereocenters. The second-order valence-corrected chi connectivity index (χ2v) is 6.79. The molecule has 0 unspecified atom stereocenters. The van der Waals surface area contributed by atoms with Crippen LogP contribution in [0.15, 0.2) is 24.3 Å². The van der Waals surface area contributed by atoms with Gasteiger partial charge in [-0.1, -0.05) is 25.7 Å². The minimum atomic E-state index is 0.454. The van der Waals surface area contributed by atoms with Crippen LogP contribution in [0.3, 0.4) is 0 Å². The van der Waals surface area contributed by atoms with Crippen LogP contribution in [-0.4, -0.2) is 12.6 Å². The summed E-state index contributed by atoms with van der Waals surface area (Å²) in [5, 5.41) is 3.61. The van der Waals surface area contributed by atoms with Crippen molar-refractivity contribution in [3.8, 4) is 5.75 Å². The molecule has 116 valence electrons. The van der Waals surface area contributed by atoms with E-state index in [1.54, 1.807) is 0 Å². The first-order chi connectivity index (χ1) is 10.4. The first kappa shape index (κ1) is 14.7. The van der Waals surface area contributed by atoms with Gasteiger partial charge in [-0.3, -0.25) is 0 Å². The number of nitrogens with one attached hydrogen (secondary N) is 1. The molecule has 0 saturated heterocycles. The molecule has 1 N–H and O–H groups in total. The van der Waals surface area contributed by atoms with Gasteiger partial charge in [0.25, 0.3) is 0 Å². The number of anilines is 1. The van der Waals surface area contributed by atoms with Gasteiger partial charge < -0.3 is 10.1 Å². The first-order valence-electron chi connectivity index (χ1n) is 8.91. The third kappa shape index (κ3) is 4.66. The highest BCUT2D eigenvalue weighted by molar-refractivity contribution is 5.46. The molecule has 2 aliphatic carbocycles. The molecular weight excluding hydrogens is 258 g/mol. The number of ether oxygens (including phenoxy) is 1. The number of hydrogen-bond donors (Lipinski definition) is 1. The van der Waals surface area contributed by atoms with E-state index in [2.05, 4.69) is 29.6 Å². The van der Waals surface area contributed by atoms with Gasteiger partial charge in [0, 0.05) is 12.2 Å². The van der Waals surface area contributed by atoms with Crippen molar-refractivity contribution in [2.45, 2.75) is 70.3 Å². The van der Waals surface area contributed by atoms with E-state index in [0.717, 1.165) is 18.2 Å². The lowest BCUT2D eigenvalue weighted by molar-refractivity contribution is 0.210. The molecule has 1 aromatic carbocycles. The largest absolute Gasteiger partial charge is 0.490 e. The van der Waals surface area contributed by atoms with E-state index in [1.165, 1.54) is 69.9 Å². The van der Waals surface area contributed by atoms with Crippen molar-refractivity contribution in [1.29, 1.82) is 0 Å². The maximum Gasteiger partial charge on any atom is 0.119 e. The van der Waals surface area contributed by atoms with Gasteiger partial charge in [-0.25, -0.2) is 0 Å². The zero-order valence-electron chi connectivity index (χ0n) is 13.2. The van der Waals surface area contributed by atoms with Crippen molar-refractivity contribution in [3.63, 3.8) is 0 Å². The Morgan fingerprint density at radius 1 is 0.810 bits per heavy atom. The van der Waals surface area contributed by atoms with Crippen LogP contribution < -0.4 is 10.1 Å². The van der Waals surface area contributed by atoms with Crippen LogP contribution in [0.4, 0.5) is 5.69 Å².